The molecule has 5 heteroatoms. The second kappa shape index (κ2) is 5.02. The Labute approximate surface area is 104 Å². The van der Waals surface area contributed by atoms with Gasteiger partial charge >= 0.3 is 0 Å². The lowest BCUT2D eigenvalue weighted by atomic mass is 9.92. The minimum Gasteiger partial charge on any atom is -0.381 e. The molecule has 1 saturated heterocycles. The van der Waals surface area contributed by atoms with Gasteiger partial charge in [0, 0.05) is 18.8 Å². The van der Waals surface area contributed by atoms with Crippen LogP contribution in [0.3, 0.4) is 0 Å². The lowest BCUT2D eigenvalue weighted by Gasteiger charge is -2.34. The van der Waals surface area contributed by atoms with E-state index in [4.69, 9.17) is 4.74 Å². The Morgan fingerprint density at radius 1 is 1.33 bits per heavy atom. The largest absolute Gasteiger partial charge is 0.381 e. The van der Waals surface area contributed by atoms with Crippen LogP contribution >= 0.6 is 0 Å². The molecule has 1 amide bonds. The molecule has 1 aromatic carbocycles. The number of rotatable bonds is 2. The highest BCUT2D eigenvalue weighted by molar-refractivity contribution is 5.94. The number of hydrogen-bond acceptors (Lipinski definition) is 2. The molecule has 0 aromatic heterocycles. The van der Waals surface area contributed by atoms with Gasteiger partial charge in [-0.25, -0.2) is 8.78 Å². The Balaban J connectivity index is 2.14. The number of halogens is 2. The molecule has 0 radical (unpaired) electrons. The molecule has 1 N–H and O–H groups in total. The predicted molar refractivity (Wildman–Crippen MR) is 62.3 cm³/mol. The maximum Gasteiger partial charge on any atom is 0.254 e. The normalized spacial score (nSPS) is 18.4. The Kier molecular flexibility index (Phi) is 3.61. The summed E-state index contributed by atoms with van der Waals surface area (Å²) in [5, 5.41) is 2.75. The molecule has 18 heavy (non-hydrogen) atoms. The van der Waals surface area contributed by atoms with Crippen molar-refractivity contribution in [1.82, 2.24) is 5.32 Å². The topological polar surface area (TPSA) is 38.3 Å². The maximum absolute atomic E-state index is 13.5. The van der Waals surface area contributed by atoms with Crippen molar-refractivity contribution in [2.75, 3.05) is 13.2 Å². The summed E-state index contributed by atoms with van der Waals surface area (Å²) in [6.45, 7) is 3.00. The highest BCUT2D eigenvalue weighted by Gasteiger charge is 2.30. The summed E-state index contributed by atoms with van der Waals surface area (Å²) in [5.41, 5.74) is -0.684. The minimum absolute atomic E-state index is 0.261. The highest BCUT2D eigenvalue weighted by Crippen LogP contribution is 2.21. The maximum atomic E-state index is 13.5. The summed E-state index contributed by atoms with van der Waals surface area (Å²) < 4.78 is 31.7. The first-order chi connectivity index (χ1) is 8.52. The quantitative estimate of drug-likeness (QED) is 0.880. The van der Waals surface area contributed by atoms with E-state index in [1.807, 2.05) is 6.92 Å². The molecule has 0 atom stereocenters. The summed E-state index contributed by atoms with van der Waals surface area (Å²) in [7, 11) is 0. The highest BCUT2D eigenvalue weighted by atomic mass is 19.2. The lowest BCUT2D eigenvalue weighted by Crippen LogP contribution is -2.49. The third-order valence-electron chi connectivity index (χ3n) is 3.21. The van der Waals surface area contributed by atoms with E-state index in [1.165, 1.54) is 12.1 Å². The van der Waals surface area contributed by atoms with Gasteiger partial charge in [-0.3, -0.25) is 4.79 Å². The van der Waals surface area contributed by atoms with Crippen LogP contribution in [0.4, 0.5) is 8.78 Å². The van der Waals surface area contributed by atoms with Crippen LogP contribution in [-0.4, -0.2) is 24.7 Å². The van der Waals surface area contributed by atoms with Crippen LogP contribution in [0.2, 0.25) is 0 Å². The summed E-state index contributed by atoms with van der Waals surface area (Å²) in [6.07, 6.45) is 1.32. The Morgan fingerprint density at radius 3 is 2.67 bits per heavy atom. The molecule has 1 heterocycles. The molecule has 1 aromatic rings. The number of nitrogens with one attached hydrogen (secondary N) is 1. The summed E-state index contributed by atoms with van der Waals surface area (Å²) in [4.78, 5) is 11.9. The van der Waals surface area contributed by atoms with Crippen LogP contribution in [0.15, 0.2) is 18.2 Å². The van der Waals surface area contributed by atoms with Crippen molar-refractivity contribution >= 4 is 5.91 Å². The second-order valence-corrected chi connectivity index (χ2v) is 4.73. The summed E-state index contributed by atoms with van der Waals surface area (Å²) in [5.74, 6) is -2.71. The third-order valence-corrected chi connectivity index (χ3v) is 3.21. The zero-order valence-electron chi connectivity index (χ0n) is 10.1. The molecular formula is C13H15F2NO2. The average Bonchev–Trinajstić information content (AvgIpc) is 2.33. The first kappa shape index (κ1) is 13.0. The third kappa shape index (κ3) is 2.67. The number of carbonyl (C=O) groups is 1. The monoisotopic (exact) mass is 255 g/mol. The van der Waals surface area contributed by atoms with Gasteiger partial charge in [0.1, 0.15) is 0 Å². The van der Waals surface area contributed by atoms with E-state index in [-0.39, 0.29) is 5.56 Å². The number of ether oxygens (including phenoxy) is 1. The fraction of sp³-hybridized carbons (Fsp3) is 0.462. The SMILES string of the molecule is CC1(NC(=O)c2cccc(F)c2F)CCOCC1. The van der Waals surface area contributed by atoms with Gasteiger partial charge in [0.25, 0.3) is 5.91 Å². The molecule has 1 fully saturated rings. The van der Waals surface area contributed by atoms with Crippen LogP contribution in [0.5, 0.6) is 0 Å². The van der Waals surface area contributed by atoms with Crippen molar-refractivity contribution in [1.29, 1.82) is 0 Å². The Morgan fingerprint density at radius 2 is 2.00 bits per heavy atom. The standard InChI is InChI=1S/C13H15F2NO2/c1-13(5-7-18-8-6-13)16-12(17)9-3-2-4-10(14)11(9)15/h2-4H,5-8H2,1H3,(H,16,17). The molecule has 1 aliphatic rings. The van der Waals surface area contributed by atoms with Gasteiger partial charge in [0.05, 0.1) is 5.56 Å². The lowest BCUT2D eigenvalue weighted by molar-refractivity contribution is 0.0421. The number of carbonyl (C=O) groups excluding carboxylic acids is 1. The zero-order chi connectivity index (χ0) is 13.2. The van der Waals surface area contributed by atoms with Gasteiger partial charge in [-0.2, -0.15) is 0 Å². The van der Waals surface area contributed by atoms with Crippen molar-refractivity contribution in [3.05, 3.63) is 35.4 Å². The van der Waals surface area contributed by atoms with E-state index in [0.29, 0.717) is 26.1 Å². The van der Waals surface area contributed by atoms with E-state index >= 15 is 0 Å². The molecule has 1 aliphatic heterocycles. The molecule has 0 unspecified atom stereocenters. The molecule has 0 bridgehead atoms. The molecule has 0 saturated carbocycles. The zero-order valence-corrected chi connectivity index (χ0v) is 10.1. The van der Waals surface area contributed by atoms with Gasteiger partial charge in [-0.1, -0.05) is 6.07 Å². The fourth-order valence-electron chi connectivity index (χ4n) is 1.97. The van der Waals surface area contributed by atoms with Crippen molar-refractivity contribution in [2.24, 2.45) is 0 Å². The fourth-order valence-corrected chi connectivity index (χ4v) is 1.97. The smallest absolute Gasteiger partial charge is 0.254 e. The Bertz CT molecular complexity index is 456. The molecule has 0 spiro atoms. The van der Waals surface area contributed by atoms with Crippen LogP contribution in [0.25, 0.3) is 0 Å². The van der Waals surface area contributed by atoms with E-state index < -0.39 is 23.1 Å². The summed E-state index contributed by atoms with van der Waals surface area (Å²) >= 11 is 0. The van der Waals surface area contributed by atoms with E-state index in [0.717, 1.165) is 6.07 Å². The molecule has 0 aliphatic carbocycles. The van der Waals surface area contributed by atoms with Gasteiger partial charge < -0.3 is 10.1 Å². The van der Waals surface area contributed by atoms with Gasteiger partial charge in [0.2, 0.25) is 0 Å². The van der Waals surface area contributed by atoms with Crippen LogP contribution in [0, 0.1) is 11.6 Å². The van der Waals surface area contributed by atoms with Crippen molar-refractivity contribution in [3.63, 3.8) is 0 Å². The van der Waals surface area contributed by atoms with Crippen LogP contribution < -0.4 is 5.32 Å². The van der Waals surface area contributed by atoms with E-state index in [2.05, 4.69) is 5.32 Å². The first-order valence-electron chi connectivity index (χ1n) is 5.86. The molecule has 2 rings (SSSR count). The summed E-state index contributed by atoms with van der Waals surface area (Å²) in [6, 6.07) is 3.58. The van der Waals surface area contributed by atoms with Crippen LogP contribution in [0.1, 0.15) is 30.1 Å². The molecule has 98 valence electrons. The van der Waals surface area contributed by atoms with Crippen molar-refractivity contribution in [3.8, 4) is 0 Å². The van der Waals surface area contributed by atoms with Gasteiger partial charge in [-0.15, -0.1) is 0 Å². The Hall–Kier alpha value is -1.49. The van der Waals surface area contributed by atoms with E-state index in [1.54, 1.807) is 0 Å². The minimum atomic E-state index is -1.11. The van der Waals surface area contributed by atoms with Crippen LogP contribution in [-0.2, 0) is 4.74 Å². The van der Waals surface area contributed by atoms with Gasteiger partial charge in [0.15, 0.2) is 11.6 Å². The van der Waals surface area contributed by atoms with Crippen molar-refractivity contribution in [2.45, 2.75) is 25.3 Å². The van der Waals surface area contributed by atoms with Gasteiger partial charge in [-0.05, 0) is 31.9 Å². The van der Waals surface area contributed by atoms with Crippen molar-refractivity contribution < 1.29 is 18.3 Å². The number of hydrogen-bond donors (Lipinski definition) is 1. The molecular weight excluding hydrogens is 240 g/mol. The predicted octanol–water partition coefficient (Wildman–Crippen LogP) is 2.26. The first-order valence-corrected chi connectivity index (χ1v) is 5.86. The number of benzene rings is 1. The second-order valence-electron chi connectivity index (χ2n) is 4.73. The van der Waals surface area contributed by atoms with E-state index in [9.17, 15) is 13.6 Å². The number of amides is 1. The molecule has 3 nitrogen and oxygen atoms in total. The average molecular weight is 255 g/mol.